The molecule has 3 N–H and O–H groups in total. The molecule has 2 heterocycles. The number of nitrogen functional groups attached to an aromatic ring is 1. The molecule has 0 amide bonds. The van der Waals surface area contributed by atoms with E-state index in [0.29, 0.717) is 19.8 Å². The molecule has 2 rings (SSSR count). The molecule has 1 saturated heterocycles. The lowest BCUT2D eigenvalue weighted by molar-refractivity contribution is 0.0393. The number of ether oxygens (including phenoxy) is 1. The maximum atomic E-state index is 12.2. The number of sulfonamides is 1. The molecule has 0 radical (unpaired) electrons. The highest BCUT2D eigenvalue weighted by atomic mass is 32.2. The topological polar surface area (TPSA) is 101 Å². The number of hydrogen-bond acceptors (Lipinski definition) is 5. The fourth-order valence-electron chi connectivity index (χ4n) is 1.69. The van der Waals surface area contributed by atoms with E-state index in [0.717, 1.165) is 0 Å². The molecule has 16 heavy (non-hydrogen) atoms. The Balaban J connectivity index is 2.35. The molecule has 1 unspecified atom stereocenters. The number of nitrogens with two attached hydrogens (primary N) is 1. The van der Waals surface area contributed by atoms with Crippen molar-refractivity contribution in [2.45, 2.75) is 17.9 Å². The summed E-state index contributed by atoms with van der Waals surface area (Å²) in [6, 6.07) is -0.187. The molecule has 7 nitrogen and oxygen atoms in total. The number of nitrogens with zero attached hydrogens (tertiary/aromatic N) is 2. The van der Waals surface area contributed by atoms with Gasteiger partial charge in [0.15, 0.2) is 0 Å². The van der Waals surface area contributed by atoms with Gasteiger partial charge in [-0.3, -0.25) is 5.10 Å². The van der Waals surface area contributed by atoms with Crippen molar-refractivity contribution < 1.29 is 13.2 Å². The van der Waals surface area contributed by atoms with E-state index in [2.05, 4.69) is 10.2 Å². The van der Waals surface area contributed by atoms with E-state index >= 15 is 0 Å². The molecule has 0 bridgehead atoms. The molecule has 0 aliphatic carbocycles. The van der Waals surface area contributed by atoms with Crippen LogP contribution in [0.5, 0.6) is 0 Å². The summed E-state index contributed by atoms with van der Waals surface area (Å²) in [4.78, 5) is 0.0289. The Hall–Kier alpha value is -1.12. The normalized spacial score (nSPS) is 23.4. The quantitative estimate of drug-likeness (QED) is 0.725. The molecule has 1 fully saturated rings. The summed E-state index contributed by atoms with van der Waals surface area (Å²) in [5.74, 6) is 0.0682. The van der Waals surface area contributed by atoms with Gasteiger partial charge < -0.3 is 10.5 Å². The van der Waals surface area contributed by atoms with E-state index < -0.39 is 10.0 Å². The molecular formula is C8H14N4O3S. The van der Waals surface area contributed by atoms with Crippen LogP contribution < -0.4 is 5.73 Å². The summed E-state index contributed by atoms with van der Waals surface area (Å²) in [6.07, 6.45) is 1.23. The minimum Gasteiger partial charge on any atom is -0.383 e. The highest BCUT2D eigenvalue weighted by Crippen LogP contribution is 2.23. The Morgan fingerprint density at radius 2 is 2.44 bits per heavy atom. The summed E-state index contributed by atoms with van der Waals surface area (Å²) in [5.41, 5.74) is 5.52. The number of hydrogen-bond donors (Lipinski definition) is 2. The lowest BCUT2D eigenvalue weighted by Gasteiger charge is -2.31. The second kappa shape index (κ2) is 4.04. The van der Waals surface area contributed by atoms with Crippen LogP contribution in [-0.4, -0.2) is 48.7 Å². The number of aromatic nitrogens is 2. The van der Waals surface area contributed by atoms with Crippen molar-refractivity contribution >= 4 is 15.8 Å². The van der Waals surface area contributed by atoms with Crippen LogP contribution in [0.15, 0.2) is 11.1 Å². The highest BCUT2D eigenvalue weighted by Gasteiger charge is 2.33. The third-order valence-corrected chi connectivity index (χ3v) is 4.57. The zero-order valence-corrected chi connectivity index (χ0v) is 9.70. The summed E-state index contributed by atoms with van der Waals surface area (Å²) < 4.78 is 31.0. The molecular weight excluding hydrogens is 232 g/mol. The average molecular weight is 246 g/mol. The van der Waals surface area contributed by atoms with Gasteiger partial charge in [-0.2, -0.15) is 9.40 Å². The van der Waals surface area contributed by atoms with Gasteiger partial charge in [-0.05, 0) is 6.92 Å². The van der Waals surface area contributed by atoms with Gasteiger partial charge in [-0.25, -0.2) is 8.42 Å². The average Bonchev–Trinajstić information content (AvgIpc) is 2.65. The Morgan fingerprint density at radius 1 is 1.69 bits per heavy atom. The van der Waals surface area contributed by atoms with Crippen molar-refractivity contribution in [1.29, 1.82) is 0 Å². The highest BCUT2D eigenvalue weighted by molar-refractivity contribution is 7.89. The van der Waals surface area contributed by atoms with E-state index in [4.69, 9.17) is 10.5 Å². The smallest absolute Gasteiger partial charge is 0.248 e. The van der Waals surface area contributed by atoms with Gasteiger partial charge in [-0.15, -0.1) is 0 Å². The first-order valence-electron chi connectivity index (χ1n) is 4.92. The van der Waals surface area contributed by atoms with Crippen LogP contribution in [0.25, 0.3) is 0 Å². The maximum absolute atomic E-state index is 12.2. The van der Waals surface area contributed by atoms with E-state index in [-0.39, 0.29) is 16.8 Å². The lowest BCUT2D eigenvalue weighted by atomic mass is 10.3. The van der Waals surface area contributed by atoms with Gasteiger partial charge in [0, 0.05) is 12.6 Å². The molecule has 1 aliphatic rings. The van der Waals surface area contributed by atoms with Crippen LogP contribution >= 0.6 is 0 Å². The van der Waals surface area contributed by atoms with Crippen LogP contribution in [0.3, 0.4) is 0 Å². The minimum absolute atomic E-state index is 0.0289. The van der Waals surface area contributed by atoms with Crippen LogP contribution in [0.4, 0.5) is 5.82 Å². The van der Waals surface area contributed by atoms with E-state index in [1.54, 1.807) is 6.92 Å². The Kier molecular flexibility index (Phi) is 2.87. The van der Waals surface area contributed by atoms with Gasteiger partial charge in [0.1, 0.15) is 10.7 Å². The number of rotatable bonds is 2. The summed E-state index contributed by atoms with van der Waals surface area (Å²) in [7, 11) is -3.56. The van der Waals surface area contributed by atoms with E-state index in [9.17, 15) is 8.42 Å². The number of aromatic amines is 1. The lowest BCUT2D eigenvalue weighted by Crippen LogP contribution is -2.46. The van der Waals surface area contributed by atoms with Gasteiger partial charge >= 0.3 is 0 Å². The number of H-pyrrole nitrogens is 1. The molecule has 1 aliphatic heterocycles. The second-order valence-corrected chi connectivity index (χ2v) is 5.55. The standard InChI is InChI=1S/C8H14N4O3S/c1-6-5-15-3-2-12(6)16(13,14)7-4-10-11-8(7)9/h4,6H,2-3,5H2,1H3,(H3,9,10,11). The SMILES string of the molecule is CC1COCCN1S(=O)(=O)c1cn[nH]c1N. The third-order valence-electron chi connectivity index (χ3n) is 2.53. The third kappa shape index (κ3) is 1.79. The van der Waals surface area contributed by atoms with Crippen molar-refractivity contribution in [1.82, 2.24) is 14.5 Å². The van der Waals surface area contributed by atoms with Crippen molar-refractivity contribution in [3.63, 3.8) is 0 Å². The molecule has 1 atom stereocenters. The van der Waals surface area contributed by atoms with Gasteiger partial charge in [0.25, 0.3) is 0 Å². The second-order valence-electron chi connectivity index (χ2n) is 3.69. The largest absolute Gasteiger partial charge is 0.383 e. The zero-order valence-electron chi connectivity index (χ0n) is 8.88. The summed E-state index contributed by atoms with van der Waals surface area (Å²) in [5, 5.41) is 6.04. The van der Waals surface area contributed by atoms with E-state index in [1.165, 1.54) is 10.5 Å². The molecule has 0 spiro atoms. The molecule has 8 heteroatoms. The zero-order chi connectivity index (χ0) is 11.8. The van der Waals surface area contributed by atoms with Gasteiger partial charge in [-0.1, -0.05) is 0 Å². The van der Waals surface area contributed by atoms with Crippen molar-refractivity contribution in [2.75, 3.05) is 25.5 Å². The fraction of sp³-hybridized carbons (Fsp3) is 0.625. The van der Waals surface area contributed by atoms with Crippen molar-refractivity contribution in [3.05, 3.63) is 6.20 Å². The Bertz CT molecular complexity index is 469. The van der Waals surface area contributed by atoms with Crippen LogP contribution in [-0.2, 0) is 14.8 Å². The molecule has 1 aromatic heterocycles. The molecule has 90 valence electrons. The fourth-order valence-corrected chi connectivity index (χ4v) is 3.30. The molecule has 0 aromatic carbocycles. The minimum atomic E-state index is -3.56. The first-order valence-corrected chi connectivity index (χ1v) is 6.36. The maximum Gasteiger partial charge on any atom is 0.248 e. The Labute approximate surface area is 93.6 Å². The van der Waals surface area contributed by atoms with Gasteiger partial charge in [0.2, 0.25) is 10.0 Å². The van der Waals surface area contributed by atoms with Crippen LogP contribution in [0, 0.1) is 0 Å². The number of nitrogens with one attached hydrogen (secondary N) is 1. The van der Waals surface area contributed by atoms with E-state index in [1.807, 2.05) is 0 Å². The van der Waals surface area contributed by atoms with Crippen LogP contribution in [0.1, 0.15) is 6.92 Å². The summed E-state index contributed by atoms with van der Waals surface area (Å²) >= 11 is 0. The molecule has 0 saturated carbocycles. The number of anilines is 1. The van der Waals surface area contributed by atoms with Crippen molar-refractivity contribution in [3.8, 4) is 0 Å². The first kappa shape index (κ1) is 11.4. The monoisotopic (exact) mass is 246 g/mol. The van der Waals surface area contributed by atoms with Gasteiger partial charge in [0.05, 0.1) is 19.4 Å². The predicted molar refractivity (Wildman–Crippen MR) is 57.2 cm³/mol. The van der Waals surface area contributed by atoms with Crippen molar-refractivity contribution in [2.24, 2.45) is 0 Å². The summed E-state index contributed by atoms with van der Waals surface area (Å²) in [6.45, 7) is 2.94. The first-order chi connectivity index (χ1) is 7.53. The number of morpholine rings is 1. The van der Waals surface area contributed by atoms with Crippen LogP contribution in [0.2, 0.25) is 0 Å². The Morgan fingerprint density at radius 3 is 3.00 bits per heavy atom. The molecule has 1 aromatic rings. The predicted octanol–water partition coefficient (Wildman–Crippen LogP) is -0.599.